The molecule has 0 fully saturated rings. The number of rotatable bonds is 1. The van der Waals surface area contributed by atoms with E-state index in [1.54, 1.807) is 0 Å². The number of hydrogen-bond donors (Lipinski definition) is 1. The van der Waals surface area contributed by atoms with Crippen molar-refractivity contribution in [1.82, 2.24) is 4.57 Å². The van der Waals surface area contributed by atoms with E-state index >= 15 is 0 Å². The third-order valence-electron chi connectivity index (χ3n) is 3.58. The third kappa shape index (κ3) is 2.16. The lowest BCUT2D eigenvalue weighted by Gasteiger charge is -2.21. The van der Waals surface area contributed by atoms with Crippen LogP contribution in [0, 0.1) is 5.82 Å². The zero-order valence-corrected chi connectivity index (χ0v) is 11.7. The van der Waals surface area contributed by atoms with Crippen LogP contribution in [0.4, 0.5) is 4.39 Å². The van der Waals surface area contributed by atoms with E-state index in [-0.39, 0.29) is 6.04 Å². The van der Waals surface area contributed by atoms with E-state index < -0.39 is 5.82 Å². The van der Waals surface area contributed by atoms with E-state index in [1.807, 2.05) is 16.8 Å². The second kappa shape index (κ2) is 4.82. The number of nitrogens with two attached hydrogens (primary N) is 1. The molecule has 3 rings (SSSR count). The smallest absolute Gasteiger partial charge is 0.126 e. The van der Waals surface area contributed by atoms with Crippen LogP contribution in [0.25, 0.3) is 5.69 Å². The minimum absolute atomic E-state index is 0.0583. The van der Waals surface area contributed by atoms with Crippen LogP contribution in [0.5, 0.6) is 0 Å². The van der Waals surface area contributed by atoms with E-state index in [0.717, 1.165) is 30.5 Å². The summed E-state index contributed by atoms with van der Waals surface area (Å²) in [5, 5.41) is 0.616. The fraction of sp³-hybridized carbons (Fsp3) is 0.286. The summed E-state index contributed by atoms with van der Waals surface area (Å²) < 4.78 is 15.2. The van der Waals surface area contributed by atoms with Crippen molar-refractivity contribution in [3.8, 4) is 5.69 Å². The van der Waals surface area contributed by atoms with Crippen molar-refractivity contribution in [1.29, 1.82) is 0 Å². The highest BCUT2D eigenvalue weighted by atomic mass is 35.5. The molecule has 100 valence electrons. The average molecular weight is 299 g/mol. The van der Waals surface area contributed by atoms with Gasteiger partial charge in [0.2, 0.25) is 0 Å². The van der Waals surface area contributed by atoms with Crippen LogP contribution >= 0.6 is 23.2 Å². The monoisotopic (exact) mass is 298 g/mol. The molecule has 0 radical (unpaired) electrons. The van der Waals surface area contributed by atoms with Gasteiger partial charge in [0.05, 0.1) is 15.7 Å². The molecule has 0 saturated carbocycles. The normalized spacial score (nSPS) is 18.4. The molecule has 0 saturated heterocycles. The van der Waals surface area contributed by atoms with Crippen molar-refractivity contribution in [3.05, 3.63) is 51.5 Å². The molecule has 1 aliphatic rings. The molecule has 1 unspecified atom stereocenters. The molecule has 1 aromatic carbocycles. The van der Waals surface area contributed by atoms with Crippen LogP contribution in [-0.4, -0.2) is 4.57 Å². The summed E-state index contributed by atoms with van der Waals surface area (Å²) in [5.74, 6) is -0.434. The number of halogens is 3. The first kappa shape index (κ1) is 13.0. The largest absolute Gasteiger partial charge is 0.324 e. The van der Waals surface area contributed by atoms with E-state index in [9.17, 15) is 4.39 Å². The molecular formula is C14H13Cl2FN2. The molecule has 5 heteroatoms. The Kier molecular flexibility index (Phi) is 3.29. The molecule has 2 nitrogen and oxygen atoms in total. The summed E-state index contributed by atoms with van der Waals surface area (Å²) in [4.78, 5) is 0. The summed E-state index contributed by atoms with van der Waals surface area (Å²) in [7, 11) is 0. The van der Waals surface area contributed by atoms with Crippen LogP contribution in [0.15, 0.2) is 24.4 Å². The molecule has 1 heterocycles. The Labute approximate surface area is 120 Å². The predicted molar refractivity (Wildman–Crippen MR) is 75.6 cm³/mol. The van der Waals surface area contributed by atoms with Gasteiger partial charge in [0.1, 0.15) is 5.82 Å². The summed E-state index contributed by atoms with van der Waals surface area (Å²) in [6.07, 6.45) is 4.86. The van der Waals surface area contributed by atoms with Gasteiger partial charge in [-0.1, -0.05) is 23.2 Å². The zero-order chi connectivity index (χ0) is 13.6. The minimum atomic E-state index is -0.434. The first-order chi connectivity index (χ1) is 9.08. The van der Waals surface area contributed by atoms with Gasteiger partial charge in [0.25, 0.3) is 0 Å². The molecule has 0 bridgehead atoms. The SMILES string of the molecule is NC1CCCc2c1ccn2-c1c(Cl)cc(F)cc1Cl. The summed E-state index contributed by atoms with van der Waals surface area (Å²) >= 11 is 12.3. The summed E-state index contributed by atoms with van der Waals surface area (Å²) in [6, 6.07) is 4.60. The molecule has 2 N–H and O–H groups in total. The Morgan fingerprint density at radius 3 is 2.63 bits per heavy atom. The van der Waals surface area contributed by atoms with Gasteiger partial charge < -0.3 is 10.3 Å². The van der Waals surface area contributed by atoms with Crippen LogP contribution in [0.2, 0.25) is 10.0 Å². The van der Waals surface area contributed by atoms with Crippen molar-refractivity contribution >= 4 is 23.2 Å². The molecule has 1 aliphatic carbocycles. The van der Waals surface area contributed by atoms with Gasteiger partial charge in [-0.15, -0.1) is 0 Å². The summed E-state index contributed by atoms with van der Waals surface area (Å²) in [5.41, 5.74) is 8.97. The quantitative estimate of drug-likeness (QED) is 0.838. The number of nitrogens with zero attached hydrogens (tertiary/aromatic N) is 1. The van der Waals surface area contributed by atoms with E-state index in [4.69, 9.17) is 28.9 Å². The highest BCUT2D eigenvalue weighted by Crippen LogP contribution is 2.36. The molecule has 0 aliphatic heterocycles. The topological polar surface area (TPSA) is 30.9 Å². The third-order valence-corrected chi connectivity index (χ3v) is 4.15. The number of aromatic nitrogens is 1. The molecule has 0 amide bonds. The predicted octanol–water partition coefficient (Wildman–Crippen LogP) is 4.26. The van der Waals surface area contributed by atoms with Crippen LogP contribution < -0.4 is 5.73 Å². The zero-order valence-electron chi connectivity index (χ0n) is 10.2. The van der Waals surface area contributed by atoms with Crippen molar-refractivity contribution in [2.75, 3.05) is 0 Å². The lowest BCUT2D eigenvalue weighted by atomic mass is 9.93. The van der Waals surface area contributed by atoms with Gasteiger partial charge in [-0.2, -0.15) is 0 Å². The summed E-state index contributed by atoms with van der Waals surface area (Å²) in [6.45, 7) is 0. The van der Waals surface area contributed by atoms with Gasteiger partial charge in [-0.3, -0.25) is 0 Å². The first-order valence-corrected chi connectivity index (χ1v) is 6.94. The van der Waals surface area contributed by atoms with Gasteiger partial charge >= 0.3 is 0 Å². The Bertz CT molecular complexity index is 613. The maximum Gasteiger partial charge on any atom is 0.126 e. The molecule has 19 heavy (non-hydrogen) atoms. The van der Waals surface area contributed by atoms with Crippen LogP contribution in [-0.2, 0) is 6.42 Å². The number of benzene rings is 1. The second-order valence-electron chi connectivity index (χ2n) is 4.80. The fourth-order valence-corrected chi connectivity index (χ4v) is 3.34. The standard InChI is InChI=1S/C14H13Cl2FN2/c15-10-6-8(17)7-11(16)14(10)19-5-4-9-12(18)2-1-3-13(9)19/h4-7,12H,1-3,18H2. The average Bonchev–Trinajstić information content (AvgIpc) is 2.73. The minimum Gasteiger partial charge on any atom is -0.324 e. The Hall–Kier alpha value is -1.03. The molecular weight excluding hydrogens is 286 g/mol. The molecule has 1 atom stereocenters. The lowest BCUT2D eigenvalue weighted by molar-refractivity contribution is 0.560. The molecule has 1 aromatic heterocycles. The maximum absolute atomic E-state index is 13.3. The Morgan fingerprint density at radius 1 is 1.26 bits per heavy atom. The van der Waals surface area contributed by atoms with Crippen molar-refractivity contribution in [2.24, 2.45) is 5.73 Å². The van der Waals surface area contributed by atoms with Gasteiger partial charge in [-0.05, 0) is 43.0 Å². The maximum atomic E-state index is 13.3. The lowest BCUT2D eigenvalue weighted by Crippen LogP contribution is -2.18. The van der Waals surface area contributed by atoms with Crippen LogP contribution in [0.1, 0.15) is 30.1 Å². The number of fused-ring (bicyclic) bond motifs is 1. The fourth-order valence-electron chi connectivity index (χ4n) is 2.70. The van der Waals surface area contributed by atoms with Crippen molar-refractivity contribution < 1.29 is 4.39 Å². The van der Waals surface area contributed by atoms with E-state index in [2.05, 4.69) is 0 Å². The van der Waals surface area contributed by atoms with Crippen LogP contribution in [0.3, 0.4) is 0 Å². The Morgan fingerprint density at radius 2 is 1.95 bits per heavy atom. The van der Waals surface area contributed by atoms with Gasteiger partial charge in [0, 0.05) is 17.9 Å². The first-order valence-electron chi connectivity index (χ1n) is 6.18. The van der Waals surface area contributed by atoms with Gasteiger partial charge in [-0.25, -0.2) is 4.39 Å². The van der Waals surface area contributed by atoms with Crippen molar-refractivity contribution in [3.63, 3.8) is 0 Å². The highest BCUT2D eigenvalue weighted by Gasteiger charge is 2.22. The Balaban J connectivity index is 2.19. The van der Waals surface area contributed by atoms with E-state index in [1.165, 1.54) is 12.1 Å². The van der Waals surface area contributed by atoms with Crippen molar-refractivity contribution in [2.45, 2.75) is 25.3 Å². The second-order valence-corrected chi connectivity index (χ2v) is 5.62. The van der Waals surface area contributed by atoms with Gasteiger partial charge in [0.15, 0.2) is 0 Å². The number of hydrogen-bond acceptors (Lipinski definition) is 1. The van der Waals surface area contributed by atoms with E-state index in [0.29, 0.717) is 15.7 Å². The molecule has 0 spiro atoms. The molecule has 2 aromatic rings. The highest BCUT2D eigenvalue weighted by molar-refractivity contribution is 6.37.